The quantitative estimate of drug-likeness (QED) is 0.828. The van der Waals surface area contributed by atoms with Crippen molar-refractivity contribution < 1.29 is 4.79 Å². The van der Waals surface area contributed by atoms with Crippen LogP contribution in [0.5, 0.6) is 0 Å². The lowest BCUT2D eigenvalue weighted by molar-refractivity contribution is -0.121. The molecule has 1 amide bonds. The monoisotopic (exact) mass is 280 g/mol. The largest absolute Gasteiger partial charge is 0.356 e. The van der Waals surface area contributed by atoms with E-state index in [-0.39, 0.29) is 18.3 Å². The van der Waals surface area contributed by atoms with E-state index in [4.69, 9.17) is 0 Å². The van der Waals surface area contributed by atoms with Crippen molar-refractivity contribution in [3.05, 3.63) is 0 Å². The zero-order valence-electron chi connectivity index (χ0n) is 11.0. The molecular formula is C12H25ClN2OS. The third-order valence-electron chi connectivity index (χ3n) is 2.63. The van der Waals surface area contributed by atoms with Crippen LogP contribution < -0.4 is 10.6 Å². The van der Waals surface area contributed by atoms with Gasteiger partial charge in [-0.3, -0.25) is 4.79 Å². The first kappa shape index (κ1) is 17.1. The minimum absolute atomic E-state index is 0. The van der Waals surface area contributed by atoms with Crippen LogP contribution >= 0.6 is 24.2 Å². The molecule has 2 N–H and O–H groups in total. The summed E-state index contributed by atoms with van der Waals surface area (Å²) >= 11 is 1.93. The van der Waals surface area contributed by atoms with Crippen LogP contribution in [0.25, 0.3) is 0 Å². The first-order valence-electron chi connectivity index (χ1n) is 6.05. The number of carbonyl (C=O) groups is 1. The molecule has 1 aliphatic heterocycles. The van der Waals surface area contributed by atoms with Crippen molar-refractivity contribution in [1.29, 1.82) is 0 Å². The van der Waals surface area contributed by atoms with E-state index in [9.17, 15) is 4.79 Å². The number of hydrogen-bond donors (Lipinski definition) is 2. The zero-order valence-corrected chi connectivity index (χ0v) is 12.7. The van der Waals surface area contributed by atoms with Gasteiger partial charge in [0.2, 0.25) is 5.91 Å². The summed E-state index contributed by atoms with van der Waals surface area (Å²) in [5.41, 5.74) is 0.298. The molecule has 0 aromatic carbocycles. The fourth-order valence-corrected chi connectivity index (χ4v) is 2.57. The Morgan fingerprint density at radius 2 is 2.18 bits per heavy atom. The van der Waals surface area contributed by atoms with Gasteiger partial charge in [-0.1, -0.05) is 20.8 Å². The van der Waals surface area contributed by atoms with Crippen LogP contribution in [0.15, 0.2) is 0 Å². The maximum Gasteiger partial charge on any atom is 0.221 e. The molecule has 1 heterocycles. The van der Waals surface area contributed by atoms with Crippen LogP contribution in [0.4, 0.5) is 0 Å². The normalized spacial score (nSPS) is 20.5. The van der Waals surface area contributed by atoms with E-state index in [2.05, 4.69) is 31.4 Å². The van der Waals surface area contributed by atoms with Gasteiger partial charge in [0.15, 0.2) is 0 Å². The molecule has 0 aromatic heterocycles. The second-order valence-corrected chi connectivity index (χ2v) is 6.74. The minimum atomic E-state index is 0. The van der Waals surface area contributed by atoms with E-state index < -0.39 is 0 Å². The third-order valence-corrected chi connectivity index (χ3v) is 3.76. The van der Waals surface area contributed by atoms with Gasteiger partial charge < -0.3 is 10.6 Å². The Bertz CT molecular complexity index is 225. The molecule has 1 unspecified atom stereocenters. The number of hydrogen-bond acceptors (Lipinski definition) is 3. The average molecular weight is 281 g/mol. The van der Waals surface area contributed by atoms with Gasteiger partial charge in [-0.15, -0.1) is 12.4 Å². The maximum absolute atomic E-state index is 11.6. The molecule has 0 saturated carbocycles. The van der Waals surface area contributed by atoms with Crippen molar-refractivity contribution in [3.8, 4) is 0 Å². The van der Waals surface area contributed by atoms with Crippen LogP contribution in [0.2, 0.25) is 0 Å². The van der Waals surface area contributed by atoms with Crippen molar-refractivity contribution in [3.63, 3.8) is 0 Å². The maximum atomic E-state index is 11.6. The number of halogens is 1. The third kappa shape index (κ3) is 8.75. The van der Waals surface area contributed by atoms with Gasteiger partial charge in [0.25, 0.3) is 0 Å². The lowest BCUT2D eigenvalue weighted by Gasteiger charge is -2.23. The highest BCUT2D eigenvalue weighted by Crippen LogP contribution is 2.17. The van der Waals surface area contributed by atoms with Crippen LogP contribution in [-0.2, 0) is 4.79 Å². The molecule has 17 heavy (non-hydrogen) atoms. The Kier molecular flexibility index (Phi) is 8.25. The molecule has 0 aliphatic carbocycles. The summed E-state index contributed by atoms with van der Waals surface area (Å²) in [4.78, 5) is 11.6. The second kappa shape index (κ2) is 8.22. The van der Waals surface area contributed by atoms with E-state index in [1.807, 2.05) is 11.8 Å². The second-order valence-electron chi connectivity index (χ2n) is 5.59. The number of thioether (sulfide) groups is 1. The van der Waals surface area contributed by atoms with Gasteiger partial charge >= 0.3 is 0 Å². The molecule has 0 radical (unpaired) electrons. The highest BCUT2D eigenvalue weighted by Gasteiger charge is 2.17. The molecule has 1 atom stereocenters. The molecule has 1 fully saturated rings. The summed E-state index contributed by atoms with van der Waals surface area (Å²) in [5, 5.41) is 6.37. The van der Waals surface area contributed by atoms with Gasteiger partial charge in [0.1, 0.15) is 0 Å². The summed E-state index contributed by atoms with van der Waals surface area (Å²) in [5.74, 6) is 2.42. The Labute approximate surface area is 115 Å². The van der Waals surface area contributed by atoms with Crippen molar-refractivity contribution >= 4 is 30.1 Å². The van der Waals surface area contributed by atoms with Gasteiger partial charge in [-0.2, -0.15) is 11.8 Å². The molecule has 1 aliphatic rings. The fraction of sp³-hybridized carbons (Fsp3) is 0.917. The number of nitrogens with one attached hydrogen (secondary N) is 2. The minimum Gasteiger partial charge on any atom is -0.356 e. The Morgan fingerprint density at radius 1 is 1.47 bits per heavy atom. The Balaban J connectivity index is 0.00000256. The Hall–Kier alpha value is 0.0700. The summed E-state index contributed by atoms with van der Waals surface area (Å²) in [6.45, 7) is 8.41. The summed E-state index contributed by atoms with van der Waals surface area (Å²) < 4.78 is 0. The molecule has 102 valence electrons. The number of carbonyl (C=O) groups excluding carboxylic acids is 1. The molecule has 0 aromatic rings. The molecule has 0 spiro atoms. The van der Waals surface area contributed by atoms with Gasteiger partial charge in [-0.25, -0.2) is 0 Å². The standard InChI is InChI=1S/C12H24N2OS.ClH/c1-12(2,3)4-5-14-11(15)8-10-9-16-7-6-13-10;/h10,13H,4-9H2,1-3H3,(H,14,15);1H. The lowest BCUT2D eigenvalue weighted by atomic mass is 9.92. The van der Waals surface area contributed by atoms with Gasteiger partial charge in [-0.05, 0) is 11.8 Å². The molecule has 5 heteroatoms. The lowest BCUT2D eigenvalue weighted by Crippen LogP contribution is -2.41. The predicted molar refractivity (Wildman–Crippen MR) is 78.1 cm³/mol. The van der Waals surface area contributed by atoms with E-state index in [0.717, 1.165) is 25.3 Å². The van der Waals surface area contributed by atoms with E-state index >= 15 is 0 Å². The van der Waals surface area contributed by atoms with E-state index in [0.29, 0.717) is 17.9 Å². The topological polar surface area (TPSA) is 41.1 Å². The number of rotatable bonds is 4. The fourth-order valence-electron chi connectivity index (χ4n) is 1.62. The van der Waals surface area contributed by atoms with Gasteiger partial charge in [0, 0.05) is 37.1 Å². The van der Waals surface area contributed by atoms with Crippen molar-refractivity contribution in [2.45, 2.75) is 39.7 Å². The van der Waals surface area contributed by atoms with E-state index in [1.54, 1.807) is 0 Å². The molecule has 1 saturated heterocycles. The van der Waals surface area contributed by atoms with Crippen molar-refractivity contribution in [2.24, 2.45) is 5.41 Å². The molecule has 3 nitrogen and oxygen atoms in total. The molecular weight excluding hydrogens is 256 g/mol. The van der Waals surface area contributed by atoms with E-state index in [1.165, 1.54) is 5.75 Å². The SMILES string of the molecule is CC(C)(C)CCNC(=O)CC1CSCCN1.Cl. The summed E-state index contributed by atoms with van der Waals surface area (Å²) in [6, 6.07) is 0.369. The van der Waals surface area contributed by atoms with Crippen LogP contribution in [-0.4, -0.2) is 36.5 Å². The van der Waals surface area contributed by atoms with Crippen LogP contribution in [0, 0.1) is 5.41 Å². The molecule has 0 bridgehead atoms. The predicted octanol–water partition coefficient (Wildman–Crippen LogP) is 2.06. The first-order chi connectivity index (χ1) is 7.47. The molecule has 1 rings (SSSR count). The van der Waals surface area contributed by atoms with Crippen LogP contribution in [0.3, 0.4) is 0 Å². The van der Waals surface area contributed by atoms with Crippen molar-refractivity contribution in [1.82, 2.24) is 10.6 Å². The van der Waals surface area contributed by atoms with Crippen molar-refractivity contribution in [2.75, 3.05) is 24.6 Å². The van der Waals surface area contributed by atoms with Gasteiger partial charge in [0.05, 0.1) is 0 Å². The summed E-state index contributed by atoms with van der Waals surface area (Å²) in [6.07, 6.45) is 1.66. The zero-order chi connectivity index (χ0) is 12.0. The highest BCUT2D eigenvalue weighted by atomic mass is 35.5. The average Bonchev–Trinajstić information content (AvgIpc) is 2.17. The Morgan fingerprint density at radius 3 is 2.71 bits per heavy atom. The number of amides is 1. The first-order valence-corrected chi connectivity index (χ1v) is 7.21. The smallest absolute Gasteiger partial charge is 0.221 e. The summed E-state index contributed by atoms with van der Waals surface area (Å²) in [7, 11) is 0. The van der Waals surface area contributed by atoms with Crippen LogP contribution in [0.1, 0.15) is 33.6 Å². The highest BCUT2D eigenvalue weighted by molar-refractivity contribution is 7.99.